The van der Waals surface area contributed by atoms with Gasteiger partial charge in [0.25, 0.3) is 11.5 Å². The summed E-state index contributed by atoms with van der Waals surface area (Å²) >= 11 is 0. The first kappa shape index (κ1) is 19.9. The number of piperidine rings is 1. The molecule has 1 aliphatic rings. The summed E-state index contributed by atoms with van der Waals surface area (Å²) in [6.07, 6.45) is 1.46. The maximum absolute atomic E-state index is 13.5. The van der Waals surface area contributed by atoms with Crippen LogP contribution in [0.25, 0.3) is 11.1 Å². The van der Waals surface area contributed by atoms with Crippen molar-refractivity contribution in [2.45, 2.75) is 25.3 Å². The van der Waals surface area contributed by atoms with E-state index >= 15 is 0 Å². The van der Waals surface area contributed by atoms with Gasteiger partial charge in [-0.1, -0.05) is 12.1 Å². The molecule has 9 heteroatoms. The van der Waals surface area contributed by atoms with Gasteiger partial charge < -0.3 is 16.4 Å². The Hall–Kier alpha value is -2.45. The fourth-order valence-electron chi connectivity index (χ4n) is 2.93. The van der Waals surface area contributed by atoms with Gasteiger partial charge in [-0.3, -0.25) is 14.6 Å². The van der Waals surface area contributed by atoms with E-state index in [0.29, 0.717) is 13.1 Å². The second-order valence-electron chi connectivity index (χ2n) is 6.63. The zero-order chi connectivity index (χ0) is 18.2. The molecule has 3 rings (SSSR count). The SMILES string of the molecule is CC1(N)CCN(c2nc(C(N)=O)c(-c3cccc(F)c3)c(=O)[nH]2)CC1.Cl. The summed E-state index contributed by atoms with van der Waals surface area (Å²) in [5, 5.41) is 0. The van der Waals surface area contributed by atoms with Gasteiger partial charge in [-0.15, -0.1) is 12.4 Å². The Kier molecular flexibility index (Phi) is 5.68. The third kappa shape index (κ3) is 4.03. The Balaban J connectivity index is 0.00000243. The van der Waals surface area contributed by atoms with Gasteiger partial charge in [0, 0.05) is 18.6 Å². The monoisotopic (exact) mass is 381 g/mol. The van der Waals surface area contributed by atoms with Gasteiger partial charge in [-0.05, 0) is 37.5 Å². The zero-order valence-electron chi connectivity index (χ0n) is 14.3. The van der Waals surface area contributed by atoms with Crippen LogP contribution < -0.4 is 21.9 Å². The quantitative estimate of drug-likeness (QED) is 0.743. The largest absolute Gasteiger partial charge is 0.364 e. The number of hydrogen-bond acceptors (Lipinski definition) is 5. The fraction of sp³-hybridized carbons (Fsp3) is 0.353. The molecule has 140 valence electrons. The maximum atomic E-state index is 13.5. The van der Waals surface area contributed by atoms with Gasteiger partial charge in [0.2, 0.25) is 5.95 Å². The van der Waals surface area contributed by atoms with Crippen LogP contribution in [-0.2, 0) is 0 Å². The number of primary amides is 1. The van der Waals surface area contributed by atoms with Crippen molar-refractivity contribution in [2.24, 2.45) is 11.5 Å². The van der Waals surface area contributed by atoms with E-state index in [4.69, 9.17) is 11.5 Å². The van der Waals surface area contributed by atoms with Crippen molar-refractivity contribution >= 4 is 24.3 Å². The predicted octanol–water partition coefficient (Wildman–Crippen LogP) is 1.41. The van der Waals surface area contributed by atoms with Crippen LogP contribution in [0.4, 0.5) is 10.3 Å². The summed E-state index contributed by atoms with van der Waals surface area (Å²) in [5.74, 6) is -1.09. The minimum Gasteiger partial charge on any atom is -0.364 e. The van der Waals surface area contributed by atoms with Crippen molar-refractivity contribution in [1.29, 1.82) is 0 Å². The average molecular weight is 382 g/mol. The molecule has 0 radical (unpaired) electrons. The second kappa shape index (κ2) is 7.43. The molecule has 2 heterocycles. The van der Waals surface area contributed by atoms with E-state index in [1.807, 2.05) is 11.8 Å². The lowest BCUT2D eigenvalue weighted by molar-refractivity contribution is 0.0996. The van der Waals surface area contributed by atoms with Gasteiger partial charge in [-0.25, -0.2) is 9.37 Å². The third-order valence-electron chi connectivity index (χ3n) is 4.46. The number of anilines is 1. The number of aromatic amines is 1. The molecule has 1 aromatic carbocycles. The van der Waals surface area contributed by atoms with Crippen molar-refractivity contribution in [2.75, 3.05) is 18.0 Å². The summed E-state index contributed by atoms with van der Waals surface area (Å²) in [6.45, 7) is 3.18. The Morgan fingerprint density at radius 2 is 2.00 bits per heavy atom. The van der Waals surface area contributed by atoms with Crippen molar-refractivity contribution in [1.82, 2.24) is 9.97 Å². The highest BCUT2D eigenvalue weighted by Crippen LogP contribution is 2.24. The van der Waals surface area contributed by atoms with Crippen molar-refractivity contribution < 1.29 is 9.18 Å². The van der Waals surface area contributed by atoms with E-state index in [0.717, 1.165) is 12.8 Å². The highest BCUT2D eigenvalue weighted by molar-refractivity contribution is 5.98. The van der Waals surface area contributed by atoms with Gasteiger partial charge >= 0.3 is 0 Å². The average Bonchev–Trinajstić information content (AvgIpc) is 2.54. The Labute approximate surface area is 156 Å². The van der Waals surface area contributed by atoms with E-state index in [9.17, 15) is 14.0 Å². The highest BCUT2D eigenvalue weighted by atomic mass is 35.5. The smallest absolute Gasteiger partial charge is 0.268 e. The zero-order valence-corrected chi connectivity index (χ0v) is 15.1. The number of aromatic nitrogens is 2. The molecule has 5 N–H and O–H groups in total. The number of carbonyl (C=O) groups excluding carboxylic acids is 1. The molecule has 0 saturated carbocycles. The molecule has 1 amide bonds. The molecule has 0 atom stereocenters. The number of hydrogen-bond donors (Lipinski definition) is 3. The van der Waals surface area contributed by atoms with E-state index in [1.165, 1.54) is 24.3 Å². The van der Waals surface area contributed by atoms with Crippen LogP contribution in [0.5, 0.6) is 0 Å². The summed E-state index contributed by atoms with van der Waals surface area (Å²) in [7, 11) is 0. The van der Waals surface area contributed by atoms with Crippen LogP contribution >= 0.6 is 12.4 Å². The van der Waals surface area contributed by atoms with Crippen LogP contribution in [-0.4, -0.2) is 34.5 Å². The lowest BCUT2D eigenvalue weighted by Gasteiger charge is -2.37. The summed E-state index contributed by atoms with van der Waals surface area (Å²) < 4.78 is 13.5. The third-order valence-corrected chi connectivity index (χ3v) is 4.46. The number of benzene rings is 1. The van der Waals surface area contributed by atoms with Crippen LogP contribution in [0.2, 0.25) is 0 Å². The number of rotatable bonds is 3. The van der Waals surface area contributed by atoms with Crippen LogP contribution in [0.15, 0.2) is 29.1 Å². The maximum Gasteiger partial charge on any atom is 0.268 e. The number of carbonyl (C=O) groups is 1. The van der Waals surface area contributed by atoms with E-state index in [1.54, 1.807) is 0 Å². The lowest BCUT2D eigenvalue weighted by Crippen LogP contribution is -2.49. The summed E-state index contributed by atoms with van der Waals surface area (Å²) in [6, 6.07) is 5.40. The fourth-order valence-corrected chi connectivity index (χ4v) is 2.93. The van der Waals surface area contributed by atoms with Gasteiger partial charge in [0.1, 0.15) is 11.5 Å². The Morgan fingerprint density at radius 3 is 2.58 bits per heavy atom. The molecule has 1 fully saturated rings. The number of H-pyrrole nitrogens is 1. The molecule has 7 nitrogen and oxygen atoms in total. The van der Waals surface area contributed by atoms with Gasteiger partial charge in [-0.2, -0.15) is 0 Å². The standard InChI is InChI=1S/C17H20FN5O2.ClH/c1-17(20)5-7-23(8-6-17)16-21-13(14(19)24)12(15(25)22-16)10-3-2-4-11(18)9-10;/h2-4,9H,5-8,20H2,1H3,(H2,19,24)(H,21,22,25);1H. The van der Waals surface area contributed by atoms with Gasteiger partial charge in [0.05, 0.1) is 5.56 Å². The Bertz CT molecular complexity index is 874. The topological polar surface area (TPSA) is 118 Å². The van der Waals surface area contributed by atoms with Crippen molar-refractivity contribution in [3.63, 3.8) is 0 Å². The lowest BCUT2D eigenvalue weighted by atomic mass is 9.91. The molecule has 2 aromatic rings. The molecule has 1 aromatic heterocycles. The second-order valence-corrected chi connectivity index (χ2v) is 6.63. The van der Waals surface area contributed by atoms with Crippen LogP contribution in [0.3, 0.4) is 0 Å². The number of nitrogens with zero attached hydrogens (tertiary/aromatic N) is 2. The molecule has 0 aliphatic carbocycles. The predicted molar refractivity (Wildman–Crippen MR) is 100 cm³/mol. The van der Waals surface area contributed by atoms with E-state index in [-0.39, 0.29) is 40.7 Å². The van der Waals surface area contributed by atoms with E-state index in [2.05, 4.69) is 9.97 Å². The minimum absolute atomic E-state index is 0. The number of nitrogens with two attached hydrogens (primary N) is 2. The van der Waals surface area contributed by atoms with Crippen LogP contribution in [0.1, 0.15) is 30.3 Å². The summed E-state index contributed by atoms with van der Waals surface area (Å²) in [5.41, 5.74) is 10.8. The molecule has 0 bridgehead atoms. The van der Waals surface area contributed by atoms with Crippen LogP contribution in [0, 0.1) is 5.82 Å². The first-order valence-electron chi connectivity index (χ1n) is 8.01. The number of amides is 1. The number of nitrogens with one attached hydrogen (secondary N) is 1. The molecule has 0 spiro atoms. The molecule has 1 saturated heterocycles. The normalized spacial score (nSPS) is 16.0. The minimum atomic E-state index is -0.840. The highest BCUT2D eigenvalue weighted by Gasteiger charge is 2.28. The van der Waals surface area contributed by atoms with E-state index < -0.39 is 17.3 Å². The Morgan fingerprint density at radius 1 is 1.35 bits per heavy atom. The van der Waals surface area contributed by atoms with Crippen molar-refractivity contribution in [3.05, 3.63) is 46.1 Å². The molecular weight excluding hydrogens is 361 g/mol. The molecular formula is C17H21ClFN5O2. The van der Waals surface area contributed by atoms with Crippen molar-refractivity contribution in [3.8, 4) is 11.1 Å². The molecule has 26 heavy (non-hydrogen) atoms. The molecule has 1 aliphatic heterocycles. The summed E-state index contributed by atoms with van der Waals surface area (Å²) in [4.78, 5) is 33.2. The molecule has 0 unspecified atom stereocenters. The first-order valence-corrected chi connectivity index (χ1v) is 8.01. The first-order chi connectivity index (χ1) is 11.8. The number of halogens is 2. The van der Waals surface area contributed by atoms with Gasteiger partial charge in [0.15, 0.2) is 0 Å².